The van der Waals surface area contributed by atoms with E-state index in [0.29, 0.717) is 23.0 Å². The van der Waals surface area contributed by atoms with Crippen molar-refractivity contribution in [3.05, 3.63) is 23.8 Å². The number of benzene rings is 1. The summed E-state index contributed by atoms with van der Waals surface area (Å²) in [7, 11) is 5.12. The molecule has 0 spiro atoms. The fourth-order valence-electron chi connectivity index (χ4n) is 2.86. The van der Waals surface area contributed by atoms with Gasteiger partial charge in [0.15, 0.2) is 11.5 Å². The first-order valence-electron chi connectivity index (χ1n) is 7.35. The van der Waals surface area contributed by atoms with Crippen molar-refractivity contribution in [3.63, 3.8) is 0 Å². The van der Waals surface area contributed by atoms with E-state index in [1.165, 1.54) is 6.42 Å². The predicted octanol–water partition coefficient (Wildman–Crippen LogP) is 2.20. The van der Waals surface area contributed by atoms with Crippen LogP contribution in [0.25, 0.3) is 0 Å². The van der Waals surface area contributed by atoms with Crippen LogP contribution in [0.1, 0.15) is 23.2 Å². The van der Waals surface area contributed by atoms with E-state index in [2.05, 4.69) is 5.32 Å². The van der Waals surface area contributed by atoms with Gasteiger partial charge in [0.05, 0.1) is 14.2 Å². The summed E-state index contributed by atoms with van der Waals surface area (Å²) in [5.41, 5.74) is 0.651. The van der Waals surface area contributed by atoms with Crippen molar-refractivity contribution >= 4 is 18.3 Å². The molecule has 1 fully saturated rings. The van der Waals surface area contributed by atoms with Gasteiger partial charge in [0.1, 0.15) is 0 Å². The lowest BCUT2D eigenvalue weighted by molar-refractivity contribution is 0.0674. The van der Waals surface area contributed by atoms with Crippen molar-refractivity contribution in [2.24, 2.45) is 5.92 Å². The number of nitrogens with zero attached hydrogens (tertiary/aromatic N) is 1. The van der Waals surface area contributed by atoms with Gasteiger partial charge in [-0.3, -0.25) is 4.79 Å². The zero-order valence-electron chi connectivity index (χ0n) is 13.4. The van der Waals surface area contributed by atoms with Crippen LogP contribution >= 0.6 is 12.4 Å². The molecule has 0 aromatic heterocycles. The van der Waals surface area contributed by atoms with Gasteiger partial charge in [0.2, 0.25) is 0 Å². The molecule has 124 valence electrons. The van der Waals surface area contributed by atoms with Crippen molar-refractivity contribution in [1.29, 1.82) is 0 Å². The minimum absolute atomic E-state index is 0. The van der Waals surface area contributed by atoms with E-state index in [1.54, 1.807) is 32.4 Å². The van der Waals surface area contributed by atoms with Crippen molar-refractivity contribution in [3.8, 4) is 11.5 Å². The Bertz CT molecular complexity index is 494. The highest BCUT2D eigenvalue weighted by molar-refractivity contribution is 5.95. The van der Waals surface area contributed by atoms with E-state index in [0.717, 1.165) is 26.1 Å². The van der Waals surface area contributed by atoms with E-state index in [1.807, 2.05) is 11.9 Å². The van der Waals surface area contributed by atoms with Crippen LogP contribution in [-0.4, -0.2) is 51.7 Å². The van der Waals surface area contributed by atoms with Crippen molar-refractivity contribution < 1.29 is 14.3 Å². The minimum Gasteiger partial charge on any atom is -0.493 e. The van der Waals surface area contributed by atoms with Crippen LogP contribution in [0.15, 0.2) is 18.2 Å². The molecular weight excluding hydrogens is 304 g/mol. The first-order chi connectivity index (χ1) is 10.2. The number of piperidine rings is 1. The summed E-state index contributed by atoms with van der Waals surface area (Å²) in [6.45, 7) is 2.59. The number of nitrogens with one attached hydrogen (secondary N) is 1. The lowest BCUT2D eigenvalue weighted by atomic mass is 9.97. The second-order valence-corrected chi connectivity index (χ2v) is 5.39. The highest BCUT2D eigenvalue weighted by Crippen LogP contribution is 2.28. The van der Waals surface area contributed by atoms with Gasteiger partial charge in [-0.25, -0.2) is 0 Å². The van der Waals surface area contributed by atoms with Crippen LogP contribution < -0.4 is 14.8 Å². The maximum Gasteiger partial charge on any atom is 0.254 e. The number of carbonyl (C=O) groups excluding carboxylic acids is 1. The Morgan fingerprint density at radius 2 is 2.05 bits per heavy atom. The summed E-state index contributed by atoms with van der Waals surface area (Å²) in [5.74, 6) is 1.83. The molecule has 6 heteroatoms. The summed E-state index contributed by atoms with van der Waals surface area (Å²) in [6, 6.07) is 5.33. The molecule has 0 aliphatic carbocycles. The molecule has 1 aliphatic heterocycles. The second-order valence-electron chi connectivity index (χ2n) is 5.39. The predicted molar refractivity (Wildman–Crippen MR) is 89.3 cm³/mol. The first-order valence-corrected chi connectivity index (χ1v) is 7.35. The summed E-state index contributed by atoms with van der Waals surface area (Å²) in [6.07, 6.45) is 2.24. The number of carbonyl (C=O) groups is 1. The van der Waals surface area contributed by atoms with Crippen LogP contribution in [0.3, 0.4) is 0 Å². The lowest BCUT2D eigenvalue weighted by Crippen LogP contribution is -2.42. The molecule has 1 unspecified atom stereocenters. The molecule has 0 saturated carbocycles. The second kappa shape index (κ2) is 8.86. The van der Waals surface area contributed by atoms with Gasteiger partial charge in [-0.15, -0.1) is 12.4 Å². The van der Waals surface area contributed by atoms with Crippen molar-refractivity contribution in [1.82, 2.24) is 10.2 Å². The lowest BCUT2D eigenvalue weighted by Gasteiger charge is -2.32. The molecule has 1 aromatic carbocycles. The third kappa shape index (κ3) is 4.27. The van der Waals surface area contributed by atoms with Gasteiger partial charge < -0.3 is 19.7 Å². The van der Waals surface area contributed by atoms with Crippen LogP contribution in [0.2, 0.25) is 0 Å². The van der Waals surface area contributed by atoms with Gasteiger partial charge in [-0.2, -0.15) is 0 Å². The molecule has 1 N–H and O–H groups in total. The summed E-state index contributed by atoms with van der Waals surface area (Å²) in [5, 5.41) is 3.20. The Kier molecular flexibility index (Phi) is 7.48. The van der Waals surface area contributed by atoms with Gasteiger partial charge in [0, 0.05) is 18.7 Å². The molecular formula is C16H25ClN2O3. The van der Waals surface area contributed by atoms with E-state index in [9.17, 15) is 4.79 Å². The van der Waals surface area contributed by atoms with Crippen LogP contribution in [0.5, 0.6) is 11.5 Å². The summed E-state index contributed by atoms with van der Waals surface area (Å²) in [4.78, 5) is 14.6. The van der Waals surface area contributed by atoms with E-state index < -0.39 is 0 Å². The third-order valence-electron chi connectivity index (χ3n) is 3.93. The number of ether oxygens (including phenoxy) is 2. The molecule has 1 aromatic rings. The topological polar surface area (TPSA) is 50.8 Å². The Morgan fingerprint density at radius 3 is 2.68 bits per heavy atom. The normalized spacial score (nSPS) is 17.6. The molecule has 5 nitrogen and oxygen atoms in total. The fourth-order valence-corrected chi connectivity index (χ4v) is 2.86. The first kappa shape index (κ1) is 18.6. The quantitative estimate of drug-likeness (QED) is 0.900. The number of hydrogen-bond donors (Lipinski definition) is 1. The molecule has 1 atom stereocenters. The largest absolute Gasteiger partial charge is 0.493 e. The standard InChI is InChI=1S/C16H24N2O3.ClH/c1-17-10-12-5-4-8-18(11-12)16(19)13-6-7-14(20-2)15(9-13)21-3;/h6-7,9,12,17H,4-5,8,10-11H2,1-3H3;1H. The number of methoxy groups -OCH3 is 2. The number of hydrogen-bond acceptors (Lipinski definition) is 4. The number of halogens is 1. The van der Waals surface area contributed by atoms with Crippen LogP contribution in [-0.2, 0) is 0 Å². The zero-order valence-corrected chi connectivity index (χ0v) is 14.2. The Hall–Kier alpha value is -1.46. The van der Waals surface area contributed by atoms with Gasteiger partial charge >= 0.3 is 0 Å². The van der Waals surface area contributed by atoms with Gasteiger partial charge in [0.25, 0.3) is 5.91 Å². The van der Waals surface area contributed by atoms with Crippen molar-refractivity contribution in [2.75, 3.05) is 40.9 Å². The number of amides is 1. The molecule has 22 heavy (non-hydrogen) atoms. The van der Waals surface area contributed by atoms with Crippen molar-refractivity contribution in [2.45, 2.75) is 12.8 Å². The maximum atomic E-state index is 12.6. The zero-order chi connectivity index (χ0) is 15.2. The molecule has 1 saturated heterocycles. The highest BCUT2D eigenvalue weighted by Gasteiger charge is 2.24. The summed E-state index contributed by atoms with van der Waals surface area (Å²) >= 11 is 0. The molecule has 0 radical (unpaired) electrons. The van der Waals surface area contributed by atoms with Crippen LogP contribution in [0, 0.1) is 5.92 Å². The number of rotatable bonds is 5. The van der Waals surface area contributed by atoms with E-state index >= 15 is 0 Å². The molecule has 2 rings (SSSR count). The van der Waals surface area contributed by atoms with E-state index in [4.69, 9.17) is 9.47 Å². The minimum atomic E-state index is 0. The molecule has 0 bridgehead atoms. The average Bonchev–Trinajstić information content (AvgIpc) is 2.54. The maximum absolute atomic E-state index is 12.6. The average molecular weight is 329 g/mol. The Morgan fingerprint density at radius 1 is 1.32 bits per heavy atom. The Labute approximate surface area is 138 Å². The monoisotopic (exact) mass is 328 g/mol. The third-order valence-corrected chi connectivity index (χ3v) is 3.93. The molecule has 1 amide bonds. The molecule has 1 aliphatic rings. The SMILES string of the molecule is CNCC1CCCN(C(=O)c2ccc(OC)c(OC)c2)C1.Cl. The van der Waals surface area contributed by atoms with Crippen LogP contribution in [0.4, 0.5) is 0 Å². The number of likely N-dealkylation sites (tertiary alicyclic amines) is 1. The summed E-state index contributed by atoms with van der Waals surface area (Å²) < 4.78 is 10.5. The fraction of sp³-hybridized carbons (Fsp3) is 0.562. The highest BCUT2D eigenvalue weighted by atomic mass is 35.5. The van der Waals surface area contributed by atoms with Gasteiger partial charge in [-0.1, -0.05) is 0 Å². The van der Waals surface area contributed by atoms with E-state index in [-0.39, 0.29) is 18.3 Å². The Balaban J connectivity index is 0.00000242. The smallest absolute Gasteiger partial charge is 0.254 e. The van der Waals surface area contributed by atoms with Gasteiger partial charge in [-0.05, 0) is 50.6 Å². The molecule has 1 heterocycles.